The molecule has 0 atom stereocenters. The fourth-order valence-electron chi connectivity index (χ4n) is 1.16. The van der Waals surface area contributed by atoms with Crippen molar-refractivity contribution in [2.24, 2.45) is 5.41 Å². The van der Waals surface area contributed by atoms with Gasteiger partial charge in [0.25, 0.3) is 0 Å². The number of carbonyl (C=O) groups excluding carboxylic acids is 1. The third kappa shape index (κ3) is 7.15. The first kappa shape index (κ1) is 13.7. The molecule has 2 N–H and O–H groups in total. The van der Waals surface area contributed by atoms with Gasteiger partial charge in [0.1, 0.15) is 0 Å². The molecule has 0 aromatic carbocycles. The summed E-state index contributed by atoms with van der Waals surface area (Å²) in [4.78, 5) is 11.1. The third-order valence-corrected chi connectivity index (χ3v) is 2.29. The Morgan fingerprint density at radius 2 is 2.14 bits per heavy atom. The normalized spacial score (nSPS) is 11.4. The van der Waals surface area contributed by atoms with Gasteiger partial charge in [-0.1, -0.05) is 13.8 Å². The molecule has 0 aliphatic heterocycles. The van der Waals surface area contributed by atoms with E-state index in [1.807, 2.05) is 0 Å². The van der Waals surface area contributed by atoms with Crippen molar-refractivity contribution >= 4 is 17.5 Å². The SMILES string of the molecule is CC(C)(CCCO)CNC(=O)CCCl. The van der Waals surface area contributed by atoms with Gasteiger partial charge in [0.05, 0.1) is 0 Å². The predicted molar refractivity (Wildman–Crippen MR) is 58.4 cm³/mol. The van der Waals surface area contributed by atoms with Crippen molar-refractivity contribution in [2.75, 3.05) is 19.0 Å². The monoisotopic (exact) mass is 221 g/mol. The largest absolute Gasteiger partial charge is 0.396 e. The molecule has 4 heteroatoms. The number of nitrogens with one attached hydrogen (secondary N) is 1. The Morgan fingerprint density at radius 3 is 2.64 bits per heavy atom. The number of amides is 1. The number of halogens is 1. The molecule has 0 fully saturated rings. The number of hydrogen-bond donors (Lipinski definition) is 2. The molecule has 0 aromatic rings. The molecule has 0 unspecified atom stereocenters. The minimum Gasteiger partial charge on any atom is -0.396 e. The molecule has 0 radical (unpaired) electrons. The lowest BCUT2D eigenvalue weighted by atomic mass is 9.88. The second-order valence-electron chi connectivity index (χ2n) is 4.21. The van der Waals surface area contributed by atoms with Gasteiger partial charge in [0.2, 0.25) is 5.91 Å². The van der Waals surface area contributed by atoms with E-state index >= 15 is 0 Å². The van der Waals surface area contributed by atoms with Crippen LogP contribution in [0.15, 0.2) is 0 Å². The fourth-order valence-corrected chi connectivity index (χ4v) is 1.33. The van der Waals surface area contributed by atoms with Crippen LogP contribution in [0, 0.1) is 5.41 Å². The van der Waals surface area contributed by atoms with E-state index in [0.29, 0.717) is 18.8 Å². The maximum absolute atomic E-state index is 11.1. The molecule has 84 valence electrons. The summed E-state index contributed by atoms with van der Waals surface area (Å²) in [5.74, 6) is 0.361. The summed E-state index contributed by atoms with van der Waals surface area (Å²) >= 11 is 5.44. The van der Waals surface area contributed by atoms with Crippen LogP contribution in [-0.4, -0.2) is 30.0 Å². The zero-order valence-electron chi connectivity index (χ0n) is 8.98. The Kier molecular flexibility index (Phi) is 6.93. The number of aliphatic hydroxyl groups excluding tert-OH is 1. The molecule has 0 spiro atoms. The Balaban J connectivity index is 3.68. The van der Waals surface area contributed by atoms with Crippen LogP contribution in [0.4, 0.5) is 0 Å². The second-order valence-corrected chi connectivity index (χ2v) is 4.59. The van der Waals surface area contributed by atoms with Gasteiger partial charge < -0.3 is 10.4 Å². The highest BCUT2D eigenvalue weighted by Crippen LogP contribution is 2.20. The van der Waals surface area contributed by atoms with E-state index in [-0.39, 0.29) is 17.9 Å². The van der Waals surface area contributed by atoms with Crippen molar-refractivity contribution in [1.82, 2.24) is 5.32 Å². The molecule has 1 amide bonds. The number of rotatable bonds is 7. The molecule has 0 aliphatic rings. The summed E-state index contributed by atoms with van der Waals surface area (Å²) in [7, 11) is 0. The summed E-state index contributed by atoms with van der Waals surface area (Å²) in [6.45, 7) is 5.00. The molecule has 0 rings (SSSR count). The summed E-state index contributed by atoms with van der Waals surface area (Å²) in [6.07, 6.45) is 2.06. The highest BCUT2D eigenvalue weighted by molar-refractivity contribution is 6.18. The first-order chi connectivity index (χ1) is 6.52. The van der Waals surface area contributed by atoms with Crippen molar-refractivity contribution in [3.05, 3.63) is 0 Å². The van der Waals surface area contributed by atoms with Gasteiger partial charge in [-0.05, 0) is 18.3 Å². The Hall–Kier alpha value is -0.280. The Bertz CT molecular complexity index is 172. The molecular weight excluding hydrogens is 202 g/mol. The van der Waals surface area contributed by atoms with Crippen molar-refractivity contribution in [3.8, 4) is 0 Å². The van der Waals surface area contributed by atoms with Gasteiger partial charge in [-0.25, -0.2) is 0 Å². The van der Waals surface area contributed by atoms with Crippen LogP contribution >= 0.6 is 11.6 Å². The topological polar surface area (TPSA) is 49.3 Å². The van der Waals surface area contributed by atoms with Gasteiger partial charge in [-0.2, -0.15) is 0 Å². The van der Waals surface area contributed by atoms with Crippen LogP contribution in [0.3, 0.4) is 0 Å². The molecule has 0 aromatic heterocycles. The summed E-state index contributed by atoms with van der Waals surface area (Å²) in [5.41, 5.74) is 0.0463. The van der Waals surface area contributed by atoms with Crippen molar-refractivity contribution < 1.29 is 9.90 Å². The van der Waals surface area contributed by atoms with Crippen LogP contribution in [0.1, 0.15) is 33.1 Å². The summed E-state index contributed by atoms with van der Waals surface area (Å²) < 4.78 is 0. The average molecular weight is 222 g/mol. The minimum atomic E-state index is -0.00271. The van der Waals surface area contributed by atoms with Crippen LogP contribution in [0.2, 0.25) is 0 Å². The molecule has 0 aliphatic carbocycles. The van der Waals surface area contributed by atoms with E-state index in [9.17, 15) is 4.79 Å². The zero-order valence-corrected chi connectivity index (χ0v) is 9.73. The number of alkyl halides is 1. The maximum atomic E-state index is 11.1. The van der Waals surface area contributed by atoms with E-state index < -0.39 is 0 Å². The quantitative estimate of drug-likeness (QED) is 0.641. The second kappa shape index (κ2) is 7.07. The van der Waals surface area contributed by atoms with Crippen molar-refractivity contribution in [1.29, 1.82) is 0 Å². The van der Waals surface area contributed by atoms with Gasteiger partial charge in [0, 0.05) is 25.5 Å². The maximum Gasteiger partial charge on any atom is 0.221 e. The van der Waals surface area contributed by atoms with E-state index in [1.165, 1.54) is 0 Å². The third-order valence-electron chi connectivity index (χ3n) is 2.10. The summed E-state index contributed by atoms with van der Waals surface area (Å²) in [6, 6.07) is 0. The lowest BCUT2D eigenvalue weighted by Gasteiger charge is -2.24. The van der Waals surface area contributed by atoms with Crippen LogP contribution in [0.5, 0.6) is 0 Å². The average Bonchev–Trinajstić information content (AvgIpc) is 2.13. The van der Waals surface area contributed by atoms with Gasteiger partial charge in [-0.3, -0.25) is 4.79 Å². The van der Waals surface area contributed by atoms with Crippen LogP contribution in [0.25, 0.3) is 0 Å². The highest BCUT2D eigenvalue weighted by Gasteiger charge is 2.17. The standard InChI is InChI=1S/C10H20ClNO2/c1-10(2,5-3-7-13)8-12-9(14)4-6-11/h13H,3-8H2,1-2H3,(H,12,14). The fraction of sp³-hybridized carbons (Fsp3) is 0.900. The molecule has 3 nitrogen and oxygen atoms in total. The lowest BCUT2D eigenvalue weighted by Crippen LogP contribution is -2.34. The van der Waals surface area contributed by atoms with Crippen LogP contribution < -0.4 is 5.32 Å². The smallest absolute Gasteiger partial charge is 0.221 e. The van der Waals surface area contributed by atoms with E-state index in [1.54, 1.807) is 0 Å². The molecule has 0 saturated heterocycles. The van der Waals surface area contributed by atoms with Gasteiger partial charge in [0.15, 0.2) is 0 Å². The Morgan fingerprint density at radius 1 is 1.50 bits per heavy atom. The van der Waals surface area contributed by atoms with Crippen molar-refractivity contribution in [3.63, 3.8) is 0 Å². The number of aliphatic hydroxyl groups is 1. The lowest BCUT2D eigenvalue weighted by molar-refractivity contribution is -0.121. The van der Waals surface area contributed by atoms with E-state index in [2.05, 4.69) is 19.2 Å². The minimum absolute atomic E-state index is 0.00271. The number of hydrogen-bond acceptors (Lipinski definition) is 2. The van der Waals surface area contributed by atoms with E-state index in [0.717, 1.165) is 12.8 Å². The first-order valence-corrected chi connectivity index (χ1v) is 5.49. The molecular formula is C10H20ClNO2. The zero-order chi connectivity index (χ0) is 11.0. The van der Waals surface area contributed by atoms with Gasteiger partial charge >= 0.3 is 0 Å². The van der Waals surface area contributed by atoms with E-state index in [4.69, 9.17) is 16.7 Å². The summed E-state index contributed by atoms with van der Waals surface area (Å²) in [5, 5.41) is 11.5. The first-order valence-electron chi connectivity index (χ1n) is 4.95. The predicted octanol–water partition coefficient (Wildman–Crippen LogP) is 1.53. The van der Waals surface area contributed by atoms with Crippen LogP contribution in [-0.2, 0) is 4.79 Å². The Labute approximate surface area is 90.8 Å². The molecule has 0 saturated carbocycles. The molecule has 0 heterocycles. The van der Waals surface area contributed by atoms with Crippen molar-refractivity contribution in [2.45, 2.75) is 33.1 Å². The highest BCUT2D eigenvalue weighted by atomic mass is 35.5. The molecule has 0 bridgehead atoms. The molecule has 14 heavy (non-hydrogen) atoms. The van der Waals surface area contributed by atoms with Gasteiger partial charge in [-0.15, -0.1) is 11.6 Å². The number of carbonyl (C=O) groups is 1.